The molecule has 0 bridgehead atoms. The first-order chi connectivity index (χ1) is 10.9. The largest absolute Gasteiger partial charge is 0.478 e. The molecule has 2 fully saturated rings. The Bertz CT molecular complexity index is 446. The Balaban J connectivity index is 1.78. The van der Waals surface area contributed by atoms with E-state index in [-0.39, 0.29) is 5.90 Å². The van der Waals surface area contributed by atoms with E-state index >= 15 is 0 Å². The lowest BCUT2D eigenvalue weighted by Gasteiger charge is -2.40. The SMILES string of the molecule is CN=C(C=C(N)C(F)(F)F)OC[C@@H]1CC[C@@H]1CN1CCOCC1. The fourth-order valence-electron chi connectivity index (χ4n) is 2.79. The average molecular weight is 335 g/mol. The first-order valence-electron chi connectivity index (χ1n) is 7.84. The summed E-state index contributed by atoms with van der Waals surface area (Å²) in [5.74, 6) is 0.808. The van der Waals surface area contributed by atoms with E-state index in [1.807, 2.05) is 0 Å². The second-order valence-electron chi connectivity index (χ2n) is 5.98. The monoisotopic (exact) mass is 335 g/mol. The van der Waals surface area contributed by atoms with Crippen molar-refractivity contribution in [3.63, 3.8) is 0 Å². The van der Waals surface area contributed by atoms with Crippen molar-refractivity contribution in [2.75, 3.05) is 46.5 Å². The highest BCUT2D eigenvalue weighted by molar-refractivity contribution is 5.88. The molecule has 0 aromatic heterocycles. The summed E-state index contributed by atoms with van der Waals surface area (Å²) in [5, 5.41) is 0. The molecule has 0 amide bonds. The van der Waals surface area contributed by atoms with E-state index in [1.54, 1.807) is 0 Å². The molecule has 2 rings (SSSR count). The predicted octanol–water partition coefficient (Wildman–Crippen LogP) is 1.79. The molecule has 0 aromatic rings. The first kappa shape index (κ1) is 18.1. The minimum Gasteiger partial charge on any atom is -0.478 e. The van der Waals surface area contributed by atoms with E-state index in [2.05, 4.69) is 9.89 Å². The van der Waals surface area contributed by atoms with Crippen LogP contribution < -0.4 is 5.73 Å². The Morgan fingerprint density at radius 3 is 2.48 bits per heavy atom. The van der Waals surface area contributed by atoms with Gasteiger partial charge in [0.25, 0.3) is 0 Å². The number of morpholine rings is 1. The fourth-order valence-corrected chi connectivity index (χ4v) is 2.79. The number of nitrogens with two attached hydrogens (primary N) is 1. The number of alkyl halides is 3. The van der Waals surface area contributed by atoms with Crippen LogP contribution in [0.2, 0.25) is 0 Å². The smallest absolute Gasteiger partial charge is 0.430 e. The molecule has 1 heterocycles. The quantitative estimate of drug-likeness (QED) is 0.615. The van der Waals surface area contributed by atoms with Gasteiger partial charge in [-0.05, 0) is 24.7 Å². The second kappa shape index (κ2) is 8.01. The van der Waals surface area contributed by atoms with Crippen LogP contribution in [0.1, 0.15) is 12.8 Å². The molecular formula is C15H24F3N3O2. The number of ether oxygens (including phenoxy) is 2. The molecule has 23 heavy (non-hydrogen) atoms. The summed E-state index contributed by atoms with van der Waals surface area (Å²) in [6.07, 6.45) is -1.65. The van der Waals surface area contributed by atoms with Gasteiger partial charge in [0.05, 0.1) is 19.8 Å². The van der Waals surface area contributed by atoms with Crippen molar-refractivity contribution in [1.82, 2.24) is 4.90 Å². The molecule has 2 N–H and O–H groups in total. The summed E-state index contributed by atoms with van der Waals surface area (Å²) in [4.78, 5) is 6.10. The number of nitrogens with zero attached hydrogens (tertiary/aromatic N) is 2. The van der Waals surface area contributed by atoms with Gasteiger partial charge in [-0.3, -0.25) is 9.89 Å². The van der Waals surface area contributed by atoms with Gasteiger partial charge >= 0.3 is 6.18 Å². The van der Waals surface area contributed by atoms with Crippen LogP contribution in [0.15, 0.2) is 16.8 Å². The normalized spacial score (nSPS) is 27.7. The van der Waals surface area contributed by atoms with E-state index < -0.39 is 11.9 Å². The van der Waals surface area contributed by atoms with Crippen molar-refractivity contribution >= 4 is 5.90 Å². The van der Waals surface area contributed by atoms with Crippen molar-refractivity contribution in [1.29, 1.82) is 0 Å². The van der Waals surface area contributed by atoms with Gasteiger partial charge in [-0.2, -0.15) is 13.2 Å². The van der Waals surface area contributed by atoms with Crippen LogP contribution in [0, 0.1) is 11.8 Å². The molecule has 132 valence electrons. The van der Waals surface area contributed by atoms with Crippen LogP contribution >= 0.6 is 0 Å². The van der Waals surface area contributed by atoms with E-state index in [4.69, 9.17) is 15.2 Å². The van der Waals surface area contributed by atoms with Gasteiger partial charge in [-0.15, -0.1) is 0 Å². The van der Waals surface area contributed by atoms with Crippen LogP contribution in [-0.4, -0.2) is 63.5 Å². The van der Waals surface area contributed by atoms with Gasteiger partial charge in [0.2, 0.25) is 5.90 Å². The minimum absolute atomic E-state index is 0.0724. The lowest BCUT2D eigenvalue weighted by Crippen LogP contribution is -2.44. The van der Waals surface area contributed by atoms with Crippen molar-refractivity contribution in [2.24, 2.45) is 22.6 Å². The zero-order valence-electron chi connectivity index (χ0n) is 13.3. The topological polar surface area (TPSA) is 60.1 Å². The highest BCUT2D eigenvalue weighted by Gasteiger charge is 2.34. The van der Waals surface area contributed by atoms with Gasteiger partial charge < -0.3 is 15.2 Å². The molecule has 0 unspecified atom stereocenters. The zero-order chi connectivity index (χ0) is 16.9. The lowest BCUT2D eigenvalue weighted by atomic mass is 9.74. The van der Waals surface area contributed by atoms with Gasteiger partial charge in [0.1, 0.15) is 5.70 Å². The van der Waals surface area contributed by atoms with Gasteiger partial charge in [0.15, 0.2) is 0 Å². The van der Waals surface area contributed by atoms with Crippen LogP contribution in [0.5, 0.6) is 0 Å². The molecule has 1 aliphatic heterocycles. The second-order valence-corrected chi connectivity index (χ2v) is 5.98. The summed E-state index contributed by atoms with van der Waals surface area (Å²) < 4.78 is 48.0. The standard InChI is InChI=1S/C15H24F3N3O2/c1-20-14(8-13(19)15(16,17)18)23-10-12-3-2-11(12)9-21-4-6-22-7-5-21/h8,11-12H,2-7,9-10,19H2,1H3/t11-,12+/m1/s1. The van der Waals surface area contributed by atoms with Crippen LogP contribution in [-0.2, 0) is 9.47 Å². The summed E-state index contributed by atoms with van der Waals surface area (Å²) in [6.45, 7) is 4.79. The number of hydrogen-bond donors (Lipinski definition) is 1. The van der Waals surface area contributed by atoms with E-state index in [0.29, 0.717) is 18.4 Å². The highest BCUT2D eigenvalue weighted by atomic mass is 19.4. The molecule has 0 spiro atoms. The van der Waals surface area contributed by atoms with E-state index in [0.717, 1.165) is 51.8 Å². The van der Waals surface area contributed by atoms with Gasteiger partial charge in [-0.25, -0.2) is 0 Å². The lowest BCUT2D eigenvalue weighted by molar-refractivity contribution is -0.0926. The van der Waals surface area contributed by atoms with Crippen molar-refractivity contribution in [3.05, 3.63) is 11.8 Å². The summed E-state index contributed by atoms with van der Waals surface area (Å²) in [6, 6.07) is 0. The molecule has 8 heteroatoms. The molecule has 1 aliphatic carbocycles. The Morgan fingerprint density at radius 2 is 1.96 bits per heavy atom. The number of halogens is 3. The summed E-state index contributed by atoms with van der Waals surface area (Å²) in [5.41, 5.74) is 3.79. The van der Waals surface area contributed by atoms with Crippen LogP contribution in [0.25, 0.3) is 0 Å². The Morgan fingerprint density at radius 1 is 1.30 bits per heavy atom. The molecule has 1 saturated heterocycles. The maximum atomic E-state index is 12.4. The average Bonchev–Trinajstić information content (AvgIpc) is 2.50. The fraction of sp³-hybridized carbons (Fsp3) is 0.800. The Hall–Kier alpha value is -1.28. The van der Waals surface area contributed by atoms with Crippen LogP contribution in [0.3, 0.4) is 0 Å². The maximum Gasteiger partial charge on any atom is 0.430 e. The number of aliphatic imine (C=N–C) groups is 1. The first-order valence-corrected chi connectivity index (χ1v) is 7.84. The molecule has 1 saturated carbocycles. The molecular weight excluding hydrogens is 311 g/mol. The van der Waals surface area contributed by atoms with Gasteiger partial charge in [0, 0.05) is 32.8 Å². The number of hydrogen-bond acceptors (Lipinski definition) is 5. The van der Waals surface area contributed by atoms with Crippen molar-refractivity contribution in [3.8, 4) is 0 Å². The number of rotatable bonds is 5. The third-order valence-electron chi connectivity index (χ3n) is 4.44. The molecule has 0 radical (unpaired) electrons. The third-order valence-corrected chi connectivity index (χ3v) is 4.44. The molecule has 2 aliphatic rings. The Labute approximate surface area is 134 Å². The zero-order valence-corrected chi connectivity index (χ0v) is 13.3. The summed E-state index contributed by atoms with van der Waals surface area (Å²) >= 11 is 0. The number of allylic oxidation sites excluding steroid dienone is 1. The Kier molecular flexibility index (Phi) is 6.29. The predicted molar refractivity (Wildman–Crippen MR) is 81.1 cm³/mol. The highest BCUT2D eigenvalue weighted by Crippen LogP contribution is 2.35. The van der Waals surface area contributed by atoms with Gasteiger partial charge in [-0.1, -0.05) is 0 Å². The van der Waals surface area contributed by atoms with E-state index in [9.17, 15) is 13.2 Å². The summed E-state index contributed by atoms with van der Waals surface area (Å²) in [7, 11) is 1.39. The molecule has 2 atom stereocenters. The third kappa shape index (κ3) is 5.39. The molecule has 0 aromatic carbocycles. The van der Waals surface area contributed by atoms with E-state index in [1.165, 1.54) is 7.05 Å². The van der Waals surface area contributed by atoms with Crippen molar-refractivity contribution in [2.45, 2.75) is 19.0 Å². The van der Waals surface area contributed by atoms with Crippen molar-refractivity contribution < 1.29 is 22.6 Å². The minimum atomic E-state index is -4.56. The van der Waals surface area contributed by atoms with Crippen LogP contribution in [0.4, 0.5) is 13.2 Å². The maximum absolute atomic E-state index is 12.4. The molecule has 5 nitrogen and oxygen atoms in total.